The Hall–Kier alpha value is -0.830. The lowest BCUT2D eigenvalue weighted by Crippen LogP contribution is -2.27. The van der Waals surface area contributed by atoms with E-state index in [1.807, 2.05) is 0 Å². The van der Waals surface area contributed by atoms with Crippen LogP contribution in [-0.2, 0) is 4.79 Å². The summed E-state index contributed by atoms with van der Waals surface area (Å²) in [5.41, 5.74) is 4.80. The highest BCUT2D eigenvalue weighted by atomic mass is 16.3. The van der Waals surface area contributed by atoms with E-state index >= 15 is 0 Å². The lowest BCUT2D eigenvalue weighted by atomic mass is 10.1. The predicted octanol–water partition coefficient (Wildman–Crippen LogP) is 0.189. The fraction of sp³-hybridized carbons (Fsp3) is 0.571. The number of hydrogen-bond donors (Lipinski definition) is 2. The monoisotopic (exact) mass is 143 g/mol. The van der Waals surface area contributed by atoms with Gasteiger partial charge in [0.2, 0.25) is 5.91 Å². The van der Waals surface area contributed by atoms with Crippen molar-refractivity contribution in [3.8, 4) is 0 Å². The molecule has 58 valence electrons. The fourth-order valence-corrected chi connectivity index (χ4v) is 0.598. The maximum Gasteiger partial charge on any atom is 0.246 e. The van der Waals surface area contributed by atoms with Crippen molar-refractivity contribution in [2.75, 3.05) is 0 Å². The van der Waals surface area contributed by atoms with Crippen LogP contribution in [0.1, 0.15) is 19.3 Å². The SMILES string of the molecule is C=CCCCC(O)C(N)=O. The van der Waals surface area contributed by atoms with Crippen molar-refractivity contribution in [3.63, 3.8) is 0 Å². The molecule has 0 rings (SSSR count). The summed E-state index contributed by atoms with van der Waals surface area (Å²) in [5, 5.41) is 8.84. The van der Waals surface area contributed by atoms with Gasteiger partial charge in [0, 0.05) is 0 Å². The van der Waals surface area contributed by atoms with E-state index in [1.54, 1.807) is 6.08 Å². The Kier molecular flexibility index (Phi) is 4.58. The maximum absolute atomic E-state index is 10.2. The Morgan fingerprint density at radius 3 is 2.80 bits per heavy atom. The number of aliphatic hydroxyl groups is 1. The highest BCUT2D eigenvalue weighted by molar-refractivity contribution is 5.78. The molecule has 0 aliphatic heterocycles. The Morgan fingerprint density at radius 2 is 2.40 bits per heavy atom. The number of carbonyl (C=O) groups excluding carboxylic acids is 1. The molecule has 0 fully saturated rings. The van der Waals surface area contributed by atoms with Crippen LogP contribution in [0, 0.1) is 0 Å². The molecule has 3 nitrogen and oxygen atoms in total. The second-order valence-corrected chi connectivity index (χ2v) is 2.14. The van der Waals surface area contributed by atoms with Crippen molar-refractivity contribution in [2.24, 2.45) is 5.73 Å². The van der Waals surface area contributed by atoms with E-state index in [0.717, 1.165) is 12.8 Å². The van der Waals surface area contributed by atoms with E-state index in [4.69, 9.17) is 10.8 Å². The summed E-state index contributed by atoms with van der Waals surface area (Å²) in [7, 11) is 0. The van der Waals surface area contributed by atoms with Crippen LogP contribution in [-0.4, -0.2) is 17.1 Å². The van der Waals surface area contributed by atoms with E-state index in [9.17, 15) is 4.79 Å². The molecule has 0 aromatic carbocycles. The summed E-state index contributed by atoms with van der Waals surface area (Å²) < 4.78 is 0. The average Bonchev–Trinajstić information content (AvgIpc) is 1.88. The summed E-state index contributed by atoms with van der Waals surface area (Å²) in [6.45, 7) is 3.50. The van der Waals surface area contributed by atoms with E-state index in [2.05, 4.69) is 6.58 Å². The van der Waals surface area contributed by atoms with Gasteiger partial charge in [-0.1, -0.05) is 6.08 Å². The van der Waals surface area contributed by atoms with Gasteiger partial charge < -0.3 is 10.8 Å². The third-order valence-corrected chi connectivity index (χ3v) is 1.21. The van der Waals surface area contributed by atoms with Crippen LogP contribution in [0.15, 0.2) is 12.7 Å². The molecule has 10 heavy (non-hydrogen) atoms. The molecule has 3 N–H and O–H groups in total. The topological polar surface area (TPSA) is 63.3 Å². The zero-order chi connectivity index (χ0) is 7.98. The molecule has 0 saturated carbocycles. The van der Waals surface area contributed by atoms with Gasteiger partial charge in [-0.25, -0.2) is 0 Å². The minimum atomic E-state index is -0.986. The number of hydrogen-bond acceptors (Lipinski definition) is 2. The number of allylic oxidation sites excluding steroid dienone is 1. The molecule has 1 unspecified atom stereocenters. The van der Waals surface area contributed by atoms with Gasteiger partial charge >= 0.3 is 0 Å². The highest BCUT2D eigenvalue weighted by Crippen LogP contribution is 1.99. The van der Waals surface area contributed by atoms with Crippen LogP contribution in [0.5, 0.6) is 0 Å². The first-order chi connectivity index (χ1) is 4.68. The number of unbranched alkanes of at least 4 members (excludes halogenated alkanes) is 1. The molecule has 0 heterocycles. The van der Waals surface area contributed by atoms with Crippen molar-refractivity contribution < 1.29 is 9.90 Å². The summed E-state index contributed by atoms with van der Waals surface area (Å²) in [6.07, 6.45) is 2.76. The zero-order valence-corrected chi connectivity index (χ0v) is 5.92. The second kappa shape index (κ2) is 4.99. The summed E-state index contributed by atoms with van der Waals surface area (Å²) in [6, 6.07) is 0. The van der Waals surface area contributed by atoms with Gasteiger partial charge in [-0.15, -0.1) is 6.58 Å². The number of aliphatic hydroxyl groups excluding tert-OH is 1. The van der Waals surface area contributed by atoms with Gasteiger partial charge in [-0.2, -0.15) is 0 Å². The number of amides is 1. The van der Waals surface area contributed by atoms with Crippen LogP contribution in [0.25, 0.3) is 0 Å². The number of primary amides is 1. The average molecular weight is 143 g/mol. The van der Waals surface area contributed by atoms with E-state index in [0.29, 0.717) is 6.42 Å². The first kappa shape index (κ1) is 9.17. The summed E-state index contributed by atoms with van der Waals surface area (Å²) in [5.74, 6) is -0.649. The standard InChI is InChI=1S/C7H13NO2/c1-2-3-4-5-6(9)7(8)10/h2,6,9H,1,3-5H2,(H2,8,10). The number of rotatable bonds is 5. The van der Waals surface area contributed by atoms with Crippen LogP contribution >= 0.6 is 0 Å². The summed E-state index contributed by atoms with van der Waals surface area (Å²) in [4.78, 5) is 10.2. The first-order valence-corrected chi connectivity index (χ1v) is 3.26. The van der Waals surface area contributed by atoms with Crippen molar-refractivity contribution in [3.05, 3.63) is 12.7 Å². The minimum Gasteiger partial charge on any atom is -0.383 e. The molecule has 0 aliphatic rings. The van der Waals surface area contributed by atoms with Gasteiger partial charge in [0.1, 0.15) is 6.10 Å². The highest BCUT2D eigenvalue weighted by Gasteiger charge is 2.08. The van der Waals surface area contributed by atoms with Gasteiger partial charge in [0.15, 0.2) is 0 Å². The molecule has 3 heteroatoms. The third-order valence-electron chi connectivity index (χ3n) is 1.21. The Labute approximate surface area is 60.5 Å². The summed E-state index contributed by atoms with van der Waals surface area (Å²) >= 11 is 0. The molecular weight excluding hydrogens is 130 g/mol. The molecule has 1 atom stereocenters. The third kappa shape index (κ3) is 4.09. The second-order valence-electron chi connectivity index (χ2n) is 2.14. The lowest BCUT2D eigenvalue weighted by molar-refractivity contribution is -0.126. The minimum absolute atomic E-state index is 0.432. The molecule has 1 amide bonds. The zero-order valence-electron chi connectivity index (χ0n) is 5.92. The molecule has 0 aromatic heterocycles. The first-order valence-electron chi connectivity index (χ1n) is 3.26. The Bertz CT molecular complexity index is 123. The van der Waals surface area contributed by atoms with E-state index in [1.165, 1.54) is 0 Å². The Morgan fingerprint density at radius 1 is 1.80 bits per heavy atom. The maximum atomic E-state index is 10.2. The van der Waals surface area contributed by atoms with Crippen LogP contribution < -0.4 is 5.73 Å². The van der Waals surface area contributed by atoms with Crippen LogP contribution in [0.4, 0.5) is 0 Å². The van der Waals surface area contributed by atoms with Crippen molar-refractivity contribution in [2.45, 2.75) is 25.4 Å². The lowest BCUT2D eigenvalue weighted by Gasteiger charge is -2.02. The molecule has 0 spiro atoms. The number of nitrogens with two attached hydrogens (primary N) is 1. The molecule has 0 saturated heterocycles. The molecule has 0 bridgehead atoms. The Balaban J connectivity index is 3.30. The van der Waals surface area contributed by atoms with E-state index < -0.39 is 12.0 Å². The van der Waals surface area contributed by atoms with Crippen LogP contribution in [0.3, 0.4) is 0 Å². The largest absolute Gasteiger partial charge is 0.383 e. The quantitative estimate of drug-likeness (QED) is 0.426. The van der Waals surface area contributed by atoms with Gasteiger partial charge in [0.25, 0.3) is 0 Å². The van der Waals surface area contributed by atoms with Crippen molar-refractivity contribution in [1.29, 1.82) is 0 Å². The molecule has 0 radical (unpaired) electrons. The predicted molar refractivity (Wildman–Crippen MR) is 39.2 cm³/mol. The molecular formula is C7H13NO2. The normalized spacial score (nSPS) is 12.5. The van der Waals surface area contributed by atoms with Gasteiger partial charge in [-0.05, 0) is 19.3 Å². The van der Waals surface area contributed by atoms with Gasteiger partial charge in [0.05, 0.1) is 0 Å². The van der Waals surface area contributed by atoms with Crippen LogP contribution in [0.2, 0.25) is 0 Å². The molecule has 0 aliphatic carbocycles. The van der Waals surface area contributed by atoms with Gasteiger partial charge in [-0.3, -0.25) is 4.79 Å². The van der Waals surface area contributed by atoms with Crippen molar-refractivity contribution in [1.82, 2.24) is 0 Å². The molecule has 0 aromatic rings. The fourth-order valence-electron chi connectivity index (χ4n) is 0.598. The smallest absolute Gasteiger partial charge is 0.246 e. The van der Waals surface area contributed by atoms with Crippen molar-refractivity contribution >= 4 is 5.91 Å². The van der Waals surface area contributed by atoms with E-state index in [-0.39, 0.29) is 0 Å². The number of carbonyl (C=O) groups is 1.